The van der Waals surface area contributed by atoms with Crippen molar-refractivity contribution in [2.24, 2.45) is 0 Å². The fourth-order valence-corrected chi connectivity index (χ4v) is 2.77. The minimum atomic E-state index is -0.174. The lowest BCUT2D eigenvalue weighted by Gasteiger charge is -2.11. The van der Waals surface area contributed by atoms with E-state index in [0.29, 0.717) is 12.2 Å². The molecule has 0 atom stereocenters. The first-order valence-electron chi connectivity index (χ1n) is 7.15. The first kappa shape index (κ1) is 15.3. The molecule has 3 aromatic rings. The van der Waals surface area contributed by atoms with Gasteiger partial charge in [0.1, 0.15) is 5.69 Å². The number of imidazole rings is 1. The van der Waals surface area contributed by atoms with Gasteiger partial charge in [-0.05, 0) is 30.5 Å². The standard InChI is InChI=1S/C17H16N4OS/c1-23-17-20-12-15(21(17)14-8-3-2-4-9-14)16(22)19-11-13-7-5-6-10-18-13/h2-10,12H,11H2,1H3,(H,19,22). The number of benzene rings is 1. The number of carbonyl (C=O) groups is 1. The van der Waals surface area contributed by atoms with Crippen LogP contribution in [-0.4, -0.2) is 26.7 Å². The zero-order valence-corrected chi connectivity index (χ0v) is 13.5. The van der Waals surface area contributed by atoms with Crippen molar-refractivity contribution >= 4 is 17.7 Å². The summed E-state index contributed by atoms with van der Waals surface area (Å²) in [7, 11) is 0. The largest absolute Gasteiger partial charge is 0.345 e. The summed E-state index contributed by atoms with van der Waals surface area (Å²) in [6, 6.07) is 15.4. The molecule has 3 rings (SSSR count). The smallest absolute Gasteiger partial charge is 0.270 e. The number of rotatable bonds is 5. The van der Waals surface area contributed by atoms with Gasteiger partial charge in [-0.1, -0.05) is 36.0 Å². The van der Waals surface area contributed by atoms with Crippen LogP contribution in [0.1, 0.15) is 16.2 Å². The van der Waals surface area contributed by atoms with Gasteiger partial charge in [-0.3, -0.25) is 14.3 Å². The molecule has 0 unspecified atom stereocenters. The van der Waals surface area contributed by atoms with Crippen LogP contribution in [0, 0.1) is 0 Å². The van der Waals surface area contributed by atoms with Gasteiger partial charge in [0.05, 0.1) is 18.4 Å². The van der Waals surface area contributed by atoms with Crippen LogP contribution in [0.2, 0.25) is 0 Å². The average Bonchev–Trinajstić information content (AvgIpc) is 3.05. The van der Waals surface area contributed by atoms with Crippen molar-refractivity contribution in [2.75, 3.05) is 6.26 Å². The number of hydrogen-bond acceptors (Lipinski definition) is 4. The SMILES string of the molecule is CSc1ncc(C(=O)NCc2ccccn2)n1-c1ccccc1. The number of para-hydroxylation sites is 1. The normalized spacial score (nSPS) is 10.5. The van der Waals surface area contributed by atoms with Crippen LogP contribution >= 0.6 is 11.8 Å². The summed E-state index contributed by atoms with van der Waals surface area (Å²) in [5, 5.41) is 3.67. The Labute approximate surface area is 138 Å². The summed E-state index contributed by atoms with van der Waals surface area (Å²) < 4.78 is 1.86. The van der Waals surface area contributed by atoms with Crippen LogP contribution in [-0.2, 0) is 6.54 Å². The van der Waals surface area contributed by atoms with E-state index in [-0.39, 0.29) is 5.91 Å². The molecule has 0 fully saturated rings. The van der Waals surface area contributed by atoms with E-state index < -0.39 is 0 Å². The molecule has 5 nitrogen and oxygen atoms in total. The second-order valence-electron chi connectivity index (χ2n) is 4.80. The minimum absolute atomic E-state index is 0.174. The molecule has 0 saturated heterocycles. The van der Waals surface area contributed by atoms with Crippen LogP contribution in [0.4, 0.5) is 0 Å². The molecular formula is C17H16N4OS. The van der Waals surface area contributed by atoms with Gasteiger partial charge < -0.3 is 5.32 Å². The molecule has 0 radical (unpaired) electrons. The van der Waals surface area contributed by atoms with E-state index in [0.717, 1.165) is 16.5 Å². The lowest BCUT2D eigenvalue weighted by atomic mass is 10.3. The number of pyridine rings is 1. The molecule has 0 aliphatic carbocycles. The second kappa shape index (κ2) is 7.11. The number of thioether (sulfide) groups is 1. The number of amides is 1. The van der Waals surface area contributed by atoms with E-state index in [4.69, 9.17) is 0 Å². The maximum absolute atomic E-state index is 12.5. The van der Waals surface area contributed by atoms with Crippen molar-refractivity contribution in [3.8, 4) is 5.69 Å². The zero-order valence-electron chi connectivity index (χ0n) is 12.6. The Morgan fingerprint density at radius 3 is 2.61 bits per heavy atom. The van der Waals surface area contributed by atoms with Crippen LogP contribution in [0.15, 0.2) is 66.1 Å². The first-order valence-corrected chi connectivity index (χ1v) is 8.37. The van der Waals surface area contributed by atoms with Gasteiger partial charge >= 0.3 is 0 Å². The van der Waals surface area contributed by atoms with Crippen LogP contribution < -0.4 is 5.32 Å². The predicted octanol–water partition coefficient (Wildman–Crippen LogP) is 2.92. The highest BCUT2D eigenvalue weighted by Crippen LogP contribution is 2.21. The van der Waals surface area contributed by atoms with Gasteiger partial charge in [0.25, 0.3) is 5.91 Å². The fourth-order valence-electron chi connectivity index (χ4n) is 2.23. The highest BCUT2D eigenvalue weighted by molar-refractivity contribution is 7.98. The molecule has 0 bridgehead atoms. The van der Waals surface area contributed by atoms with Gasteiger partial charge in [0.2, 0.25) is 0 Å². The molecule has 0 aliphatic rings. The average molecular weight is 324 g/mol. The summed E-state index contributed by atoms with van der Waals surface area (Å²) in [5.41, 5.74) is 2.24. The molecule has 1 amide bonds. The number of aromatic nitrogens is 3. The van der Waals surface area contributed by atoms with Gasteiger partial charge in [-0.2, -0.15) is 0 Å². The lowest BCUT2D eigenvalue weighted by Crippen LogP contribution is -2.25. The van der Waals surface area contributed by atoms with Crippen molar-refractivity contribution in [3.63, 3.8) is 0 Å². The van der Waals surface area contributed by atoms with E-state index in [2.05, 4.69) is 15.3 Å². The summed E-state index contributed by atoms with van der Waals surface area (Å²) in [4.78, 5) is 21.1. The van der Waals surface area contributed by atoms with Crippen LogP contribution in [0.3, 0.4) is 0 Å². The van der Waals surface area contributed by atoms with E-state index in [1.165, 1.54) is 11.8 Å². The van der Waals surface area contributed by atoms with Crippen molar-refractivity contribution in [3.05, 3.63) is 72.3 Å². The Kier molecular flexibility index (Phi) is 4.73. The van der Waals surface area contributed by atoms with Crippen molar-refractivity contribution < 1.29 is 4.79 Å². The third-order valence-corrected chi connectivity index (χ3v) is 3.97. The lowest BCUT2D eigenvalue weighted by molar-refractivity contribution is 0.0943. The monoisotopic (exact) mass is 324 g/mol. The Morgan fingerprint density at radius 2 is 1.91 bits per heavy atom. The maximum Gasteiger partial charge on any atom is 0.270 e. The summed E-state index contributed by atoms with van der Waals surface area (Å²) in [6.07, 6.45) is 5.26. The van der Waals surface area contributed by atoms with Crippen LogP contribution in [0.5, 0.6) is 0 Å². The summed E-state index contributed by atoms with van der Waals surface area (Å²) in [6.45, 7) is 0.383. The Balaban J connectivity index is 1.85. The molecule has 1 N–H and O–H groups in total. The topological polar surface area (TPSA) is 59.8 Å². The maximum atomic E-state index is 12.5. The summed E-state index contributed by atoms with van der Waals surface area (Å²) >= 11 is 1.50. The van der Waals surface area contributed by atoms with Gasteiger partial charge in [-0.25, -0.2) is 4.98 Å². The highest BCUT2D eigenvalue weighted by Gasteiger charge is 2.17. The molecule has 1 aromatic carbocycles. The van der Waals surface area contributed by atoms with E-state index >= 15 is 0 Å². The second-order valence-corrected chi connectivity index (χ2v) is 5.58. The molecule has 116 valence electrons. The number of carbonyl (C=O) groups excluding carboxylic acids is 1. The first-order chi connectivity index (χ1) is 11.3. The predicted molar refractivity (Wildman–Crippen MR) is 90.8 cm³/mol. The molecule has 0 spiro atoms. The number of hydrogen-bond donors (Lipinski definition) is 1. The number of nitrogens with one attached hydrogen (secondary N) is 1. The Hall–Kier alpha value is -2.60. The summed E-state index contributed by atoms with van der Waals surface area (Å²) in [5.74, 6) is -0.174. The number of nitrogens with zero attached hydrogens (tertiary/aromatic N) is 3. The molecule has 6 heteroatoms. The van der Waals surface area contributed by atoms with Crippen LogP contribution in [0.25, 0.3) is 5.69 Å². The van der Waals surface area contributed by atoms with Crippen molar-refractivity contribution in [2.45, 2.75) is 11.7 Å². The highest BCUT2D eigenvalue weighted by atomic mass is 32.2. The van der Waals surface area contributed by atoms with E-state index in [1.807, 2.05) is 59.4 Å². The van der Waals surface area contributed by atoms with Crippen molar-refractivity contribution in [1.29, 1.82) is 0 Å². The van der Waals surface area contributed by atoms with Gasteiger partial charge in [0, 0.05) is 11.9 Å². The minimum Gasteiger partial charge on any atom is -0.345 e. The molecule has 0 aliphatic heterocycles. The third kappa shape index (κ3) is 3.43. The quantitative estimate of drug-likeness (QED) is 0.733. The van der Waals surface area contributed by atoms with Crippen molar-refractivity contribution in [1.82, 2.24) is 19.9 Å². The molecule has 23 heavy (non-hydrogen) atoms. The van der Waals surface area contributed by atoms with E-state index in [9.17, 15) is 4.79 Å². The zero-order chi connectivity index (χ0) is 16.1. The van der Waals surface area contributed by atoms with Gasteiger partial charge in [-0.15, -0.1) is 0 Å². The molecular weight excluding hydrogens is 308 g/mol. The Morgan fingerprint density at radius 1 is 1.13 bits per heavy atom. The molecule has 0 saturated carbocycles. The fraction of sp³-hybridized carbons (Fsp3) is 0.118. The van der Waals surface area contributed by atoms with E-state index in [1.54, 1.807) is 12.4 Å². The van der Waals surface area contributed by atoms with Gasteiger partial charge in [0.15, 0.2) is 5.16 Å². The molecule has 2 aromatic heterocycles. The Bertz CT molecular complexity index is 787. The third-order valence-electron chi connectivity index (χ3n) is 3.32. The molecule has 2 heterocycles.